The minimum atomic E-state index is 0.555. The van der Waals surface area contributed by atoms with Gasteiger partial charge in [-0.25, -0.2) is 4.98 Å². The third-order valence-electron chi connectivity index (χ3n) is 3.62. The van der Waals surface area contributed by atoms with Crippen LogP contribution in [0.25, 0.3) is 10.8 Å². The van der Waals surface area contributed by atoms with E-state index < -0.39 is 0 Å². The predicted octanol–water partition coefficient (Wildman–Crippen LogP) is 1.23. The molecule has 3 rings (SSSR count). The van der Waals surface area contributed by atoms with E-state index in [0.29, 0.717) is 19.0 Å². The fraction of sp³-hybridized carbons (Fsp3) is 0.250. The molecule has 2 N–H and O–H groups in total. The highest BCUT2D eigenvalue weighted by Crippen LogP contribution is 2.15. The lowest BCUT2D eigenvalue weighted by molar-refractivity contribution is 0.672. The molecular weight excluding hydrogens is 290 g/mol. The summed E-state index contributed by atoms with van der Waals surface area (Å²) in [4.78, 5) is 12.9. The zero-order chi connectivity index (χ0) is 16.1. The molecule has 0 fully saturated rings. The number of pyridine rings is 1. The molecule has 0 amide bonds. The van der Waals surface area contributed by atoms with Crippen molar-refractivity contribution in [3.05, 3.63) is 54.4 Å². The van der Waals surface area contributed by atoms with Gasteiger partial charge >= 0.3 is 0 Å². The van der Waals surface area contributed by atoms with Crippen molar-refractivity contribution in [1.82, 2.24) is 30.4 Å². The van der Waals surface area contributed by atoms with Crippen LogP contribution in [0.2, 0.25) is 0 Å². The third-order valence-corrected chi connectivity index (χ3v) is 3.62. The Hall–Kier alpha value is -2.96. The van der Waals surface area contributed by atoms with Crippen molar-refractivity contribution in [2.45, 2.75) is 13.1 Å². The molecule has 0 saturated carbocycles. The molecule has 0 bridgehead atoms. The summed E-state index contributed by atoms with van der Waals surface area (Å²) in [6.45, 7) is 1.15. The van der Waals surface area contributed by atoms with E-state index in [9.17, 15) is 0 Å². The van der Waals surface area contributed by atoms with E-state index in [4.69, 9.17) is 0 Å². The monoisotopic (exact) mass is 309 g/mol. The van der Waals surface area contributed by atoms with Gasteiger partial charge in [-0.2, -0.15) is 5.10 Å². The van der Waals surface area contributed by atoms with Gasteiger partial charge < -0.3 is 10.6 Å². The number of benzene rings is 1. The maximum Gasteiger partial charge on any atom is 0.191 e. The molecule has 0 aliphatic carbocycles. The van der Waals surface area contributed by atoms with Crippen LogP contribution in [-0.4, -0.2) is 32.8 Å². The summed E-state index contributed by atoms with van der Waals surface area (Å²) in [5, 5.41) is 12.9. The van der Waals surface area contributed by atoms with Gasteiger partial charge in [-0.3, -0.25) is 14.7 Å². The van der Waals surface area contributed by atoms with Crippen molar-refractivity contribution in [2.24, 2.45) is 12.0 Å². The molecule has 0 saturated heterocycles. The molecule has 2 heterocycles. The van der Waals surface area contributed by atoms with Gasteiger partial charge in [0.25, 0.3) is 0 Å². The summed E-state index contributed by atoms with van der Waals surface area (Å²) >= 11 is 0. The SMILES string of the molecule is CN=C(NCc1nccc2ccccc12)NCc1ncnn1C. The summed E-state index contributed by atoms with van der Waals surface area (Å²) in [7, 11) is 3.60. The Kier molecular flexibility index (Phi) is 4.46. The van der Waals surface area contributed by atoms with Crippen LogP contribution in [0.4, 0.5) is 0 Å². The van der Waals surface area contributed by atoms with Crippen molar-refractivity contribution in [2.75, 3.05) is 7.05 Å². The number of guanidine groups is 1. The number of hydrogen-bond acceptors (Lipinski definition) is 4. The molecule has 7 heteroatoms. The van der Waals surface area contributed by atoms with Gasteiger partial charge in [-0.15, -0.1) is 0 Å². The van der Waals surface area contributed by atoms with Crippen molar-refractivity contribution in [3.8, 4) is 0 Å². The van der Waals surface area contributed by atoms with Crippen LogP contribution >= 0.6 is 0 Å². The maximum atomic E-state index is 4.47. The van der Waals surface area contributed by atoms with E-state index >= 15 is 0 Å². The van der Waals surface area contributed by atoms with Gasteiger partial charge in [-0.05, 0) is 11.5 Å². The molecule has 0 atom stereocenters. The molecular formula is C16H19N7. The van der Waals surface area contributed by atoms with Crippen LogP contribution < -0.4 is 10.6 Å². The average molecular weight is 309 g/mol. The fourth-order valence-corrected chi connectivity index (χ4v) is 2.35. The summed E-state index contributed by atoms with van der Waals surface area (Å²) in [5.74, 6) is 1.54. The van der Waals surface area contributed by atoms with Crippen LogP contribution in [0.1, 0.15) is 11.5 Å². The van der Waals surface area contributed by atoms with Crippen molar-refractivity contribution in [1.29, 1.82) is 0 Å². The Bertz CT molecular complexity index is 817. The van der Waals surface area contributed by atoms with Crippen molar-refractivity contribution >= 4 is 16.7 Å². The van der Waals surface area contributed by atoms with Crippen molar-refractivity contribution < 1.29 is 0 Å². The second-order valence-electron chi connectivity index (χ2n) is 5.06. The summed E-state index contributed by atoms with van der Waals surface area (Å²) in [6.07, 6.45) is 3.36. The van der Waals surface area contributed by atoms with Crippen LogP contribution in [0.3, 0.4) is 0 Å². The molecule has 0 aliphatic heterocycles. The molecule has 23 heavy (non-hydrogen) atoms. The minimum Gasteiger partial charge on any atom is -0.351 e. The zero-order valence-electron chi connectivity index (χ0n) is 13.2. The lowest BCUT2D eigenvalue weighted by atomic mass is 10.1. The van der Waals surface area contributed by atoms with Crippen LogP contribution in [0.15, 0.2) is 47.8 Å². The second-order valence-corrected chi connectivity index (χ2v) is 5.06. The average Bonchev–Trinajstić information content (AvgIpc) is 3.00. The zero-order valence-corrected chi connectivity index (χ0v) is 13.2. The van der Waals surface area contributed by atoms with Crippen LogP contribution in [0, 0.1) is 0 Å². The largest absolute Gasteiger partial charge is 0.351 e. The summed E-state index contributed by atoms with van der Waals surface area (Å²) in [6, 6.07) is 10.2. The molecule has 0 aliphatic rings. The molecule has 1 aromatic carbocycles. The lowest BCUT2D eigenvalue weighted by Crippen LogP contribution is -2.37. The fourth-order valence-electron chi connectivity index (χ4n) is 2.35. The molecule has 0 radical (unpaired) electrons. The second kappa shape index (κ2) is 6.87. The highest BCUT2D eigenvalue weighted by molar-refractivity contribution is 5.85. The van der Waals surface area contributed by atoms with Crippen LogP contribution in [-0.2, 0) is 20.1 Å². The molecule has 7 nitrogen and oxygen atoms in total. The third kappa shape index (κ3) is 3.45. The topological polar surface area (TPSA) is 80.0 Å². The number of aromatic nitrogens is 4. The number of aryl methyl sites for hydroxylation is 1. The van der Waals surface area contributed by atoms with Gasteiger partial charge in [0.2, 0.25) is 0 Å². The number of nitrogens with one attached hydrogen (secondary N) is 2. The first-order chi connectivity index (χ1) is 11.3. The first-order valence-electron chi connectivity index (χ1n) is 7.38. The molecule has 3 aromatic rings. The van der Waals surface area contributed by atoms with E-state index in [1.54, 1.807) is 11.7 Å². The number of hydrogen-bond donors (Lipinski definition) is 2. The lowest BCUT2D eigenvalue weighted by Gasteiger charge is -2.12. The number of rotatable bonds is 4. The minimum absolute atomic E-state index is 0.555. The highest BCUT2D eigenvalue weighted by atomic mass is 15.3. The highest BCUT2D eigenvalue weighted by Gasteiger charge is 2.05. The Labute approximate surface area is 134 Å². The van der Waals surface area contributed by atoms with Gasteiger partial charge in [-0.1, -0.05) is 24.3 Å². The Morgan fingerprint density at radius 3 is 2.74 bits per heavy atom. The Morgan fingerprint density at radius 2 is 1.96 bits per heavy atom. The van der Waals surface area contributed by atoms with E-state index in [0.717, 1.165) is 16.9 Å². The normalized spacial score (nSPS) is 11.7. The smallest absolute Gasteiger partial charge is 0.191 e. The Balaban J connectivity index is 1.65. The summed E-state index contributed by atoms with van der Waals surface area (Å²) < 4.78 is 1.73. The number of aliphatic imine (C=N–C) groups is 1. The standard InChI is InChI=1S/C16H19N7/c1-17-16(20-10-15-21-11-22-23(15)2)19-9-14-13-6-4-3-5-12(13)7-8-18-14/h3-8,11H,9-10H2,1-2H3,(H2,17,19,20). The van der Waals surface area contributed by atoms with E-state index in [1.165, 1.54) is 11.7 Å². The molecule has 0 spiro atoms. The first kappa shape index (κ1) is 15.0. The molecule has 0 unspecified atom stereocenters. The molecule has 2 aromatic heterocycles. The van der Waals surface area contributed by atoms with Crippen LogP contribution in [0.5, 0.6) is 0 Å². The van der Waals surface area contributed by atoms with Gasteiger partial charge in [0.15, 0.2) is 5.96 Å². The first-order valence-corrected chi connectivity index (χ1v) is 7.38. The van der Waals surface area contributed by atoms with Gasteiger partial charge in [0.05, 0.1) is 18.8 Å². The van der Waals surface area contributed by atoms with Gasteiger partial charge in [0.1, 0.15) is 12.2 Å². The van der Waals surface area contributed by atoms with E-state index in [1.807, 2.05) is 31.4 Å². The number of fused-ring (bicyclic) bond motifs is 1. The maximum absolute atomic E-state index is 4.47. The van der Waals surface area contributed by atoms with E-state index in [2.05, 4.69) is 42.8 Å². The predicted molar refractivity (Wildman–Crippen MR) is 89.8 cm³/mol. The van der Waals surface area contributed by atoms with E-state index in [-0.39, 0.29) is 0 Å². The summed E-state index contributed by atoms with van der Waals surface area (Å²) in [5.41, 5.74) is 0.990. The Morgan fingerprint density at radius 1 is 1.13 bits per heavy atom. The quantitative estimate of drug-likeness (QED) is 0.560. The van der Waals surface area contributed by atoms with Crippen molar-refractivity contribution in [3.63, 3.8) is 0 Å². The molecule has 118 valence electrons. The number of nitrogens with zero attached hydrogens (tertiary/aromatic N) is 5. The van der Waals surface area contributed by atoms with Gasteiger partial charge in [0, 0.05) is 25.7 Å².